The van der Waals surface area contributed by atoms with Crippen LogP contribution in [0.15, 0.2) is 60.7 Å². The first kappa shape index (κ1) is 14.3. The van der Waals surface area contributed by atoms with Gasteiger partial charge in [-0.3, -0.25) is 4.79 Å². The predicted octanol–water partition coefficient (Wildman–Crippen LogP) is 1.57. The van der Waals surface area contributed by atoms with Crippen molar-refractivity contribution in [3.05, 3.63) is 71.8 Å². The molecular weight excluding hydrogens is 248 g/mol. The number of amides is 1. The van der Waals surface area contributed by atoms with E-state index in [1.807, 2.05) is 12.1 Å². The van der Waals surface area contributed by atoms with Crippen LogP contribution in [0, 0.1) is 0 Å². The summed E-state index contributed by atoms with van der Waals surface area (Å²) in [6.07, 6.45) is 0.889. The van der Waals surface area contributed by atoms with E-state index in [1.165, 1.54) is 11.1 Å². The summed E-state index contributed by atoms with van der Waals surface area (Å²) in [5.41, 5.74) is 6.15. The lowest BCUT2D eigenvalue weighted by atomic mass is 9.88. The number of benzene rings is 2. The third-order valence-electron chi connectivity index (χ3n) is 3.39. The van der Waals surface area contributed by atoms with E-state index in [0.29, 0.717) is 19.0 Å². The van der Waals surface area contributed by atoms with Crippen molar-refractivity contribution in [2.24, 2.45) is 0 Å². The zero-order valence-corrected chi connectivity index (χ0v) is 11.6. The summed E-state index contributed by atoms with van der Waals surface area (Å²) in [5, 5.41) is 2.90. The Morgan fingerprint density at radius 1 is 0.950 bits per heavy atom. The molecule has 104 valence electrons. The fourth-order valence-electron chi connectivity index (χ4n) is 2.34. The van der Waals surface area contributed by atoms with Gasteiger partial charge in [0, 0.05) is 12.5 Å². The van der Waals surface area contributed by atoms with Crippen molar-refractivity contribution in [1.82, 2.24) is 5.32 Å². The van der Waals surface area contributed by atoms with Crippen LogP contribution in [-0.2, 0) is 4.79 Å². The Hall–Kier alpha value is -2.13. The lowest BCUT2D eigenvalue weighted by Crippen LogP contribution is -2.57. The summed E-state index contributed by atoms with van der Waals surface area (Å²) in [4.78, 5) is 11.3. The lowest BCUT2D eigenvalue weighted by Gasteiger charge is -2.18. The minimum Gasteiger partial charge on any atom is -0.351 e. The first-order chi connectivity index (χ1) is 9.81. The highest BCUT2D eigenvalue weighted by molar-refractivity contribution is 5.76. The Kier molecular flexibility index (Phi) is 5.33. The molecular formula is C17H21N2O+. The molecule has 0 aromatic heterocycles. The molecule has 2 aromatic carbocycles. The van der Waals surface area contributed by atoms with Gasteiger partial charge in [-0.2, -0.15) is 0 Å². The molecule has 0 saturated heterocycles. The van der Waals surface area contributed by atoms with Gasteiger partial charge < -0.3 is 11.1 Å². The van der Waals surface area contributed by atoms with Gasteiger partial charge in [0.05, 0.1) is 0 Å². The largest absolute Gasteiger partial charge is 0.351 e. The Labute approximate surface area is 119 Å². The number of hydrogen-bond acceptors (Lipinski definition) is 1. The standard InChI is InChI=1S/C17H20N2O/c18-13-17(20)19-12-11-16(14-7-3-1-4-8-14)15-9-5-2-6-10-15/h1-10,16H,11-13,18H2,(H,19,20)/p+1. The summed E-state index contributed by atoms with van der Waals surface area (Å²) in [6, 6.07) is 20.8. The maximum atomic E-state index is 11.3. The van der Waals surface area contributed by atoms with Crippen molar-refractivity contribution in [3.8, 4) is 0 Å². The number of nitrogens with one attached hydrogen (secondary N) is 1. The van der Waals surface area contributed by atoms with E-state index in [2.05, 4.69) is 59.6 Å². The van der Waals surface area contributed by atoms with Crippen LogP contribution in [0.4, 0.5) is 0 Å². The molecule has 0 heterocycles. The zero-order valence-electron chi connectivity index (χ0n) is 11.6. The average molecular weight is 269 g/mol. The van der Waals surface area contributed by atoms with Crippen LogP contribution in [0.5, 0.6) is 0 Å². The molecule has 0 aliphatic heterocycles. The van der Waals surface area contributed by atoms with Crippen LogP contribution in [0.1, 0.15) is 23.5 Å². The molecule has 2 rings (SSSR count). The molecule has 0 spiro atoms. The van der Waals surface area contributed by atoms with E-state index in [0.717, 1.165) is 6.42 Å². The maximum Gasteiger partial charge on any atom is 0.275 e. The summed E-state index contributed by atoms with van der Waals surface area (Å²) in [6.45, 7) is 0.962. The molecule has 3 nitrogen and oxygen atoms in total. The molecule has 0 radical (unpaired) electrons. The molecule has 0 bridgehead atoms. The van der Waals surface area contributed by atoms with Crippen LogP contribution in [0.2, 0.25) is 0 Å². The van der Waals surface area contributed by atoms with Crippen molar-refractivity contribution >= 4 is 5.91 Å². The molecule has 0 unspecified atom stereocenters. The third-order valence-corrected chi connectivity index (χ3v) is 3.39. The van der Waals surface area contributed by atoms with Crippen LogP contribution in [0.25, 0.3) is 0 Å². The maximum absolute atomic E-state index is 11.3. The summed E-state index contributed by atoms with van der Waals surface area (Å²) < 4.78 is 0. The molecule has 4 N–H and O–H groups in total. The monoisotopic (exact) mass is 269 g/mol. The summed E-state index contributed by atoms with van der Waals surface area (Å²) in [7, 11) is 0. The van der Waals surface area contributed by atoms with Crippen molar-refractivity contribution in [3.63, 3.8) is 0 Å². The minimum atomic E-state index is 0.00451. The highest BCUT2D eigenvalue weighted by Gasteiger charge is 2.13. The van der Waals surface area contributed by atoms with Crippen LogP contribution < -0.4 is 11.1 Å². The van der Waals surface area contributed by atoms with Crippen molar-refractivity contribution < 1.29 is 10.5 Å². The number of carbonyl (C=O) groups is 1. The van der Waals surface area contributed by atoms with E-state index in [-0.39, 0.29) is 5.91 Å². The first-order valence-corrected chi connectivity index (χ1v) is 6.97. The minimum absolute atomic E-state index is 0.00451. The normalized spacial score (nSPS) is 10.5. The molecule has 20 heavy (non-hydrogen) atoms. The fourth-order valence-corrected chi connectivity index (χ4v) is 2.34. The van der Waals surface area contributed by atoms with Crippen LogP contribution in [-0.4, -0.2) is 19.0 Å². The second kappa shape index (κ2) is 7.46. The van der Waals surface area contributed by atoms with Crippen LogP contribution in [0.3, 0.4) is 0 Å². The molecule has 0 aliphatic carbocycles. The van der Waals surface area contributed by atoms with Gasteiger partial charge in [0.2, 0.25) is 0 Å². The summed E-state index contributed by atoms with van der Waals surface area (Å²) >= 11 is 0. The van der Waals surface area contributed by atoms with Gasteiger partial charge in [-0.25, -0.2) is 0 Å². The van der Waals surface area contributed by atoms with Gasteiger partial charge in [0.25, 0.3) is 5.91 Å². The number of carbonyl (C=O) groups excluding carboxylic acids is 1. The molecule has 0 atom stereocenters. The van der Waals surface area contributed by atoms with Crippen LogP contribution >= 0.6 is 0 Å². The number of quaternary nitrogens is 1. The average Bonchev–Trinajstić information content (AvgIpc) is 2.53. The molecule has 2 aromatic rings. The lowest BCUT2D eigenvalue weighted by molar-refractivity contribution is -0.355. The molecule has 0 saturated carbocycles. The van der Waals surface area contributed by atoms with Crippen molar-refractivity contribution in [1.29, 1.82) is 0 Å². The highest BCUT2D eigenvalue weighted by atomic mass is 16.1. The second-order valence-corrected chi connectivity index (χ2v) is 4.76. The smallest absolute Gasteiger partial charge is 0.275 e. The Morgan fingerprint density at radius 2 is 1.45 bits per heavy atom. The Balaban J connectivity index is 2.11. The Morgan fingerprint density at radius 3 is 1.90 bits per heavy atom. The van der Waals surface area contributed by atoms with Gasteiger partial charge in [0.1, 0.15) is 0 Å². The first-order valence-electron chi connectivity index (χ1n) is 6.97. The number of hydrogen-bond donors (Lipinski definition) is 2. The second-order valence-electron chi connectivity index (χ2n) is 4.76. The van der Waals surface area contributed by atoms with E-state index in [9.17, 15) is 4.79 Å². The molecule has 3 heteroatoms. The van der Waals surface area contributed by atoms with Crippen molar-refractivity contribution in [2.45, 2.75) is 12.3 Å². The van der Waals surface area contributed by atoms with Crippen molar-refractivity contribution in [2.75, 3.05) is 13.1 Å². The van der Waals surface area contributed by atoms with E-state index < -0.39 is 0 Å². The van der Waals surface area contributed by atoms with Gasteiger partial charge in [-0.1, -0.05) is 60.7 Å². The molecule has 0 aliphatic rings. The Bertz CT molecular complexity index is 486. The molecule has 0 fully saturated rings. The topological polar surface area (TPSA) is 56.7 Å². The summed E-state index contributed by atoms with van der Waals surface area (Å²) in [5.74, 6) is 0.312. The van der Waals surface area contributed by atoms with Gasteiger partial charge in [-0.15, -0.1) is 0 Å². The van der Waals surface area contributed by atoms with E-state index >= 15 is 0 Å². The predicted molar refractivity (Wildman–Crippen MR) is 80.1 cm³/mol. The molecule has 1 amide bonds. The fraction of sp³-hybridized carbons (Fsp3) is 0.235. The van der Waals surface area contributed by atoms with E-state index in [4.69, 9.17) is 0 Å². The van der Waals surface area contributed by atoms with Gasteiger partial charge in [-0.05, 0) is 17.5 Å². The number of rotatable bonds is 6. The highest BCUT2D eigenvalue weighted by Crippen LogP contribution is 2.27. The third kappa shape index (κ3) is 3.93. The van der Waals surface area contributed by atoms with E-state index in [1.54, 1.807) is 0 Å². The SMILES string of the molecule is [NH3+]CC(=O)NCCC(c1ccccc1)c1ccccc1. The van der Waals surface area contributed by atoms with Gasteiger partial charge >= 0.3 is 0 Å². The van der Waals surface area contributed by atoms with Gasteiger partial charge in [0.15, 0.2) is 6.54 Å². The quantitative estimate of drug-likeness (QED) is 0.821. The zero-order chi connectivity index (χ0) is 14.2.